The highest BCUT2D eigenvalue weighted by Crippen LogP contribution is 2.18. The molecule has 156 valence electrons. The Hall–Kier alpha value is -3.86. The van der Waals surface area contributed by atoms with Crippen molar-refractivity contribution in [2.75, 3.05) is 13.7 Å². The molecule has 1 aromatic heterocycles. The van der Waals surface area contributed by atoms with Crippen LogP contribution in [0.3, 0.4) is 0 Å². The van der Waals surface area contributed by atoms with Crippen LogP contribution in [-0.2, 0) is 13.0 Å². The Morgan fingerprint density at radius 3 is 2.52 bits per heavy atom. The zero-order valence-corrected chi connectivity index (χ0v) is 17.4. The van der Waals surface area contributed by atoms with Gasteiger partial charge < -0.3 is 14.8 Å². The van der Waals surface area contributed by atoms with Crippen LogP contribution in [0.1, 0.15) is 21.6 Å². The number of rotatable bonds is 8. The number of amides is 1. The quantitative estimate of drug-likeness (QED) is 0.452. The second-order valence-corrected chi connectivity index (χ2v) is 7.13. The number of aromatic nitrogens is 1. The highest BCUT2D eigenvalue weighted by Gasteiger charge is 2.07. The standard InChI is InChI=1S/C26H24N2O3/c1-30-25-9-5-3-7-20(25)16-17-27-26(29)21-11-14-23(15-12-21)31-18-22-13-10-19-6-2-4-8-24(19)28-22/h2-15H,16-18H2,1H3,(H,27,29). The Kier molecular flexibility index (Phi) is 6.43. The highest BCUT2D eigenvalue weighted by atomic mass is 16.5. The van der Waals surface area contributed by atoms with E-state index in [1.165, 1.54) is 0 Å². The molecule has 1 heterocycles. The lowest BCUT2D eigenvalue weighted by atomic mass is 10.1. The smallest absolute Gasteiger partial charge is 0.251 e. The third kappa shape index (κ3) is 5.20. The molecule has 4 rings (SSSR count). The number of methoxy groups -OCH3 is 1. The lowest BCUT2D eigenvalue weighted by Gasteiger charge is -2.10. The fraction of sp³-hybridized carbons (Fsp3) is 0.154. The maximum absolute atomic E-state index is 12.4. The summed E-state index contributed by atoms with van der Waals surface area (Å²) >= 11 is 0. The number of nitrogens with zero attached hydrogens (tertiary/aromatic N) is 1. The molecule has 0 aliphatic rings. The number of para-hydroxylation sites is 2. The second-order valence-electron chi connectivity index (χ2n) is 7.13. The molecule has 0 saturated carbocycles. The van der Waals surface area contributed by atoms with Crippen molar-refractivity contribution >= 4 is 16.8 Å². The van der Waals surface area contributed by atoms with Gasteiger partial charge in [-0.15, -0.1) is 0 Å². The van der Waals surface area contributed by atoms with Crippen LogP contribution in [0.2, 0.25) is 0 Å². The fourth-order valence-electron chi connectivity index (χ4n) is 3.37. The van der Waals surface area contributed by atoms with Gasteiger partial charge >= 0.3 is 0 Å². The zero-order valence-electron chi connectivity index (χ0n) is 17.4. The molecule has 0 aliphatic heterocycles. The third-order valence-corrected chi connectivity index (χ3v) is 5.03. The van der Waals surface area contributed by atoms with Gasteiger partial charge in [-0.05, 0) is 54.4 Å². The molecule has 0 radical (unpaired) electrons. The summed E-state index contributed by atoms with van der Waals surface area (Å²) in [4.78, 5) is 17.0. The first-order chi connectivity index (χ1) is 15.2. The number of fused-ring (bicyclic) bond motifs is 1. The van der Waals surface area contributed by atoms with Crippen molar-refractivity contribution in [3.8, 4) is 11.5 Å². The second kappa shape index (κ2) is 9.76. The first-order valence-corrected chi connectivity index (χ1v) is 10.2. The van der Waals surface area contributed by atoms with Gasteiger partial charge in [-0.25, -0.2) is 4.98 Å². The molecule has 0 bridgehead atoms. The van der Waals surface area contributed by atoms with Crippen molar-refractivity contribution in [3.05, 3.63) is 102 Å². The minimum absolute atomic E-state index is 0.113. The van der Waals surface area contributed by atoms with Gasteiger partial charge in [0.1, 0.15) is 18.1 Å². The SMILES string of the molecule is COc1ccccc1CCNC(=O)c1ccc(OCc2ccc3ccccc3n2)cc1. The minimum Gasteiger partial charge on any atom is -0.496 e. The average molecular weight is 412 g/mol. The van der Waals surface area contributed by atoms with Crippen LogP contribution in [0.15, 0.2) is 84.9 Å². The van der Waals surface area contributed by atoms with E-state index in [0.29, 0.717) is 30.9 Å². The minimum atomic E-state index is -0.113. The molecule has 0 saturated heterocycles. The fourth-order valence-corrected chi connectivity index (χ4v) is 3.37. The summed E-state index contributed by atoms with van der Waals surface area (Å²) in [6.07, 6.45) is 0.704. The summed E-state index contributed by atoms with van der Waals surface area (Å²) in [7, 11) is 1.65. The number of hydrogen-bond acceptors (Lipinski definition) is 4. The van der Waals surface area contributed by atoms with Crippen molar-refractivity contribution in [1.82, 2.24) is 10.3 Å². The third-order valence-electron chi connectivity index (χ3n) is 5.03. The van der Waals surface area contributed by atoms with E-state index < -0.39 is 0 Å². The molecule has 0 atom stereocenters. The maximum Gasteiger partial charge on any atom is 0.251 e. The number of ether oxygens (including phenoxy) is 2. The van der Waals surface area contributed by atoms with Crippen LogP contribution >= 0.6 is 0 Å². The number of hydrogen-bond donors (Lipinski definition) is 1. The summed E-state index contributed by atoms with van der Waals surface area (Å²) in [6, 6.07) is 26.9. The molecule has 5 heteroatoms. The van der Waals surface area contributed by atoms with Gasteiger partial charge in [0.05, 0.1) is 18.3 Å². The number of carbonyl (C=O) groups is 1. The van der Waals surface area contributed by atoms with Crippen molar-refractivity contribution < 1.29 is 14.3 Å². The van der Waals surface area contributed by atoms with E-state index in [-0.39, 0.29) is 5.91 Å². The lowest BCUT2D eigenvalue weighted by molar-refractivity contribution is 0.0954. The van der Waals surface area contributed by atoms with Gasteiger partial charge in [-0.1, -0.05) is 42.5 Å². The zero-order chi connectivity index (χ0) is 21.5. The molecule has 1 N–H and O–H groups in total. The van der Waals surface area contributed by atoms with Gasteiger partial charge in [0, 0.05) is 17.5 Å². The van der Waals surface area contributed by atoms with Crippen LogP contribution in [0.5, 0.6) is 11.5 Å². The topological polar surface area (TPSA) is 60.5 Å². The predicted molar refractivity (Wildman–Crippen MR) is 122 cm³/mol. The van der Waals surface area contributed by atoms with E-state index in [1.54, 1.807) is 31.4 Å². The van der Waals surface area contributed by atoms with Crippen LogP contribution in [-0.4, -0.2) is 24.5 Å². The van der Waals surface area contributed by atoms with E-state index in [0.717, 1.165) is 27.9 Å². The number of pyridine rings is 1. The Bertz CT molecular complexity index is 1170. The van der Waals surface area contributed by atoms with Crippen molar-refractivity contribution in [2.45, 2.75) is 13.0 Å². The molecular formula is C26H24N2O3. The van der Waals surface area contributed by atoms with Gasteiger partial charge in [0.15, 0.2) is 0 Å². The van der Waals surface area contributed by atoms with E-state index in [4.69, 9.17) is 9.47 Å². The summed E-state index contributed by atoms with van der Waals surface area (Å²) in [5.74, 6) is 1.41. The van der Waals surface area contributed by atoms with Gasteiger partial charge in [-0.3, -0.25) is 4.79 Å². The van der Waals surface area contributed by atoms with Crippen LogP contribution in [0.4, 0.5) is 0 Å². The van der Waals surface area contributed by atoms with Gasteiger partial charge in [0.2, 0.25) is 0 Å². The molecule has 0 spiro atoms. The van der Waals surface area contributed by atoms with E-state index >= 15 is 0 Å². The molecule has 0 aliphatic carbocycles. The summed E-state index contributed by atoms with van der Waals surface area (Å²) in [5.41, 5.74) is 3.47. The van der Waals surface area contributed by atoms with Crippen LogP contribution < -0.4 is 14.8 Å². The number of nitrogens with one attached hydrogen (secondary N) is 1. The van der Waals surface area contributed by atoms with E-state index in [1.807, 2.05) is 60.7 Å². The number of benzene rings is 3. The molecule has 0 unspecified atom stereocenters. The average Bonchev–Trinajstić information content (AvgIpc) is 2.83. The summed E-state index contributed by atoms with van der Waals surface area (Å²) in [6.45, 7) is 0.903. The Balaban J connectivity index is 1.29. The molecule has 4 aromatic rings. The first kappa shape index (κ1) is 20.4. The van der Waals surface area contributed by atoms with Crippen molar-refractivity contribution in [2.24, 2.45) is 0 Å². The van der Waals surface area contributed by atoms with Gasteiger partial charge in [0.25, 0.3) is 5.91 Å². The largest absolute Gasteiger partial charge is 0.496 e. The number of carbonyl (C=O) groups excluding carboxylic acids is 1. The molecule has 3 aromatic carbocycles. The Morgan fingerprint density at radius 2 is 1.68 bits per heavy atom. The highest BCUT2D eigenvalue weighted by molar-refractivity contribution is 5.94. The summed E-state index contributed by atoms with van der Waals surface area (Å²) < 4.78 is 11.2. The monoisotopic (exact) mass is 412 g/mol. The van der Waals surface area contributed by atoms with Gasteiger partial charge in [-0.2, -0.15) is 0 Å². The van der Waals surface area contributed by atoms with Crippen LogP contribution in [0.25, 0.3) is 10.9 Å². The maximum atomic E-state index is 12.4. The van der Waals surface area contributed by atoms with Crippen LogP contribution in [0, 0.1) is 0 Å². The molecular weight excluding hydrogens is 388 g/mol. The molecule has 1 amide bonds. The Labute approximate surface area is 181 Å². The molecule has 0 fully saturated rings. The molecule has 5 nitrogen and oxygen atoms in total. The van der Waals surface area contributed by atoms with Crippen molar-refractivity contribution in [1.29, 1.82) is 0 Å². The normalized spacial score (nSPS) is 10.6. The van der Waals surface area contributed by atoms with E-state index in [9.17, 15) is 4.79 Å². The summed E-state index contributed by atoms with van der Waals surface area (Å²) in [5, 5.41) is 4.05. The Morgan fingerprint density at radius 1 is 0.903 bits per heavy atom. The molecule has 31 heavy (non-hydrogen) atoms. The van der Waals surface area contributed by atoms with E-state index in [2.05, 4.69) is 10.3 Å². The van der Waals surface area contributed by atoms with Crippen molar-refractivity contribution in [3.63, 3.8) is 0 Å². The predicted octanol–water partition coefficient (Wildman–Crippen LogP) is 4.79. The first-order valence-electron chi connectivity index (χ1n) is 10.2. The lowest BCUT2D eigenvalue weighted by Crippen LogP contribution is -2.25.